The zero-order valence-corrected chi connectivity index (χ0v) is 15.8. The Morgan fingerprint density at radius 2 is 1.96 bits per heavy atom. The van der Waals surface area contributed by atoms with Crippen LogP contribution in [0.1, 0.15) is 55.7 Å². The second-order valence-corrected chi connectivity index (χ2v) is 7.69. The molecule has 1 saturated heterocycles. The number of rotatable bonds is 3. The maximum atomic E-state index is 12.5. The average Bonchev–Trinajstić information content (AvgIpc) is 3.10. The number of amides is 1. The average molecular weight is 368 g/mol. The van der Waals surface area contributed by atoms with Crippen LogP contribution in [0, 0.1) is 0 Å². The third kappa shape index (κ3) is 4.45. The number of nitrogens with zero attached hydrogens (tertiary/aromatic N) is 2. The van der Waals surface area contributed by atoms with Crippen LogP contribution in [0.2, 0.25) is 0 Å². The van der Waals surface area contributed by atoms with Crippen LogP contribution in [0.15, 0.2) is 42.6 Å². The summed E-state index contributed by atoms with van der Waals surface area (Å²) in [5.74, 6) is -0.958. The summed E-state index contributed by atoms with van der Waals surface area (Å²) in [6, 6.07) is 10.5. The summed E-state index contributed by atoms with van der Waals surface area (Å²) >= 11 is 0. The molecule has 1 aromatic heterocycles. The van der Waals surface area contributed by atoms with Gasteiger partial charge in [0, 0.05) is 18.3 Å². The molecule has 2 heterocycles. The van der Waals surface area contributed by atoms with Crippen molar-refractivity contribution in [3.8, 4) is 11.1 Å². The summed E-state index contributed by atoms with van der Waals surface area (Å²) in [5, 5.41) is 9.14. The van der Waals surface area contributed by atoms with Gasteiger partial charge in [0.25, 0.3) is 0 Å². The lowest BCUT2D eigenvalue weighted by Crippen LogP contribution is -2.36. The van der Waals surface area contributed by atoms with E-state index in [9.17, 15) is 9.59 Å². The van der Waals surface area contributed by atoms with Crippen LogP contribution in [0.4, 0.5) is 4.79 Å². The number of aromatic nitrogens is 1. The highest BCUT2D eigenvalue weighted by Gasteiger charge is 2.33. The van der Waals surface area contributed by atoms with Crippen molar-refractivity contribution in [2.75, 3.05) is 6.54 Å². The van der Waals surface area contributed by atoms with Crippen LogP contribution < -0.4 is 0 Å². The molecule has 2 aromatic rings. The molecular weight excluding hydrogens is 344 g/mol. The molecule has 1 N–H and O–H groups in total. The molecule has 1 fully saturated rings. The third-order valence-electron chi connectivity index (χ3n) is 4.45. The van der Waals surface area contributed by atoms with Gasteiger partial charge in [-0.05, 0) is 57.4 Å². The molecule has 1 amide bonds. The van der Waals surface area contributed by atoms with E-state index < -0.39 is 11.6 Å². The number of pyridine rings is 1. The second kappa shape index (κ2) is 7.39. The summed E-state index contributed by atoms with van der Waals surface area (Å²) in [4.78, 5) is 29.9. The van der Waals surface area contributed by atoms with Crippen molar-refractivity contribution in [3.63, 3.8) is 0 Å². The van der Waals surface area contributed by atoms with Gasteiger partial charge in [0.2, 0.25) is 0 Å². The number of carbonyl (C=O) groups is 2. The van der Waals surface area contributed by atoms with Crippen molar-refractivity contribution < 1.29 is 19.4 Å². The number of likely N-dealkylation sites (tertiary alicyclic amines) is 1. The Morgan fingerprint density at radius 3 is 2.59 bits per heavy atom. The molecule has 1 aromatic carbocycles. The maximum Gasteiger partial charge on any atom is 0.410 e. The van der Waals surface area contributed by atoms with Gasteiger partial charge in [0.05, 0.1) is 17.3 Å². The van der Waals surface area contributed by atoms with Gasteiger partial charge in [0.15, 0.2) is 0 Å². The van der Waals surface area contributed by atoms with Crippen LogP contribution in [-0.4, -0.2) is 39.2 Å². The molecule has 1 aliphatic rings. The van der Waals surface area contributed by atoms with Crippen LogP contribution >= 0.6 is 0 Å². The quantitative estimate of drug-likeness (QED) is 0.862. The van der Waals surface area contributed by atoms with Crippen molar-refractivity contribution in [2.45, 2.75) is 45.3 Å². The van der Waals surface area contributed by atoms with Crippen molar-refractivity contribution in [1.29, 1.82) is 0 Å². The Bertz CT molecular complexity index is 840. The zero-order valence-electron chi connectivity index (χ0n) is 15.8. The lowest BCUT2D eigenvalue weighted by Gasteiger charge is -2.28. The van der Waals surface area contributed by atoms with Crippen molar-refractivity contribution in [1.82, 2.24) is 9.88 Å². The van der Waals surface area contributed by atoms with E-state index in [1.54, 1.807) is 29.3 Å². The summed E-state index contributed by atoms with van der Waals surface area (Å²) in [6.07, 6.45) is 3.17. The van der Waals surface area contributed by atoms with Crippen LogP contribution in [-0.2, 0) is 4.74 Å². The fourth-order valence-corrected chi connectivity index (χ4v) is 3.22. The molecule has 0 bridgehead atoms. The first-order valence-electron chi connectivity index (χ1n) is 9.04. The minimum absolute atomic E-state index is 0.0979. The SMILES string of the molecule is CC(C)(C)OC(=O)N1CCC[C@@H]1c1ccc(-c2cccc(C(=O)O)c2)cn1. The Balaban J connectivity index is 1.79. The molecule has 1 aliphatic heterocycles. The zero-order chi connectivity index (χ0) is 19.6. The van der Waals surface area contributed by atoms with Crippen LogP contribution in [0.3, 0.4) is 0 Å². The lowest BCUT2D eigenvalue weighted by atomic mass is 10.0. The normalized spacial score (nSPS) is 17.0. The number of carbonyl (C=O) groups excluding carboxylic acids is 1. The first-order chi connectivity index (χ1) is 12.7. The van der Waals surface area contributed by atoms with E-state index in [1.165, 1.54) is 0 Å². The van der Waals surface area contributed by atoms with Gasteiger partial charge < -0.3 is 9.84 Å². The fraction of sp³-hybridized carbons (Fsp3) is 0.381. The number of benzene rings is 1. The van der Waals surface area contributed by atoms with Gasteiger partial charge in [-0.15, -0.1) is 0 Å². The molecule has 0 spiro atoms. The van der Waals surface area contributed by atoms with Gasteiger partial charge in [0.1, 0.15) is 5.60 Å². The van der Waals surface area contributed by atoms with E-state index in [-0.39, 0.29) is 17.7 Å². The lowest BCUT2D eigenvalue weighted by molar-refractivity contribution is 0.0221. The standard InChI is InChI=1S/C21H24N2O4/c1-21(2,3)27-20(26)23-11-5-8-18(23)17-10-9-16(13-22-17)14-6-4-7-15(12-14)19(24)25/h4,6-7,9-10,12-13,18H,5,8,11H2,1-3H3,(H,24,25)/t18-/m1/s1. The highest BCUT2D eigenvalue weighted by Crippen LogP contribution is 2.33. The molecular formula is C21H24N2O4. The summed E-state index contributed by atoms with van der Waals surface area (Å²) in [6.45, 7) is 6.22. The third-order valence-corrected chi connectivity index (χ3v) is 4.45. The van der Waals surface area contributed by atoms with Crippen molar-refractivity contribution in [2.24, 2.45) is 0 Å². The molecule has 27 heavy (non-hydrogen) atoms. The smallest absolute Gasteiger partial charge is 0.410 e. The molecule has 0 unspecified atom stereocenters. The number of carboxylic acid groups (broad SMARTS) is 1. The van der Waals surface area contributed by atoms with Gasteiger partial charge in [-0.2, -0.15) is 0 Å². The number of aromatic carboxylic acids is 1. The molecule has 6 nitrogen and oxygen atoms in total. The first kappa shape index (κ1) is 18.9. The maximum absolute atomic E-state index is 12.5. The van der Waals surface area contributed by atoms with E-state index in [0.29, 0.717) is 6.54 Å². The number of carboxylic acids is 1. The molecule has 142 valence electrons. The minimum atomic E-state index is -0.958. The predicted molar refractivity (Wildman–Crippen MR) is 102 cm³/mol. The van der Waals surface area contributed by atoms with E-state index in [1.807, 2.05) is 39.0 Å². The van der Waals surface area contributed by atoms with E-state index in [2.05, 4.69) is 4.98 Å². The Hall–Kier alpha value is -2.89. The Morgan fingerprint density at radius 1 is 1.19 bits per heavy atom. The Kier molecular flexibility index (Phi) is 5.17. The van der Waals surface area contributed by atoms with Gasteiger partial charge in [-0.3, -0.25) is 9.88 Å². The number of ether oxygens (including phenoxy) is 1. The van der Waals surface area contributed by atoms with E-state index in [4.69, 9.17) is 9.84 Å². The largest absolute Gasteiger partial charge is 0.478 e. The van der Waals surface area contributed by atoms with Gasteiger partial charge >= 0.3 is 12.1 Å². The molecule has 3 rings (SSSR count). The Labute approximate surface area is 158 Å². The summed E-state index contributed by atoms with van der Waals surface area (Å²) in [5.41, 5.74) is 2.16. The van der Waals surface area contributed by atoms with Crippen LogP contribution in [0.25, 0.3) is 11.1 Å². The molecule has 1 atom stereocenters. The topological polar surface area (TPSA) is 79.7 Å². The summed E-state index contributed by atoms with van der Waals surface area (Å²) in [7, 11) is 0. The highest BCUT2D eigenvalue weighted by atomic mass is 16.6. The van der Waals surface area contributed by atoms with Gasteiger partial charge in [-0.25, -0.2) is 9.59 Å². The predicted octanol–water partition coefficient (Wildman–Crippen LogP) is 4.52. The van der Waals surface area contributed by atoms with E-state index >= 15 is 0 Å². The minimum Gasteiger partial charge on any atom is -0.478 e. The molecule has 0 saturated carbocycles. The number of hydrogen-bond acceptors (Lipinski definition) is 4. The van der Waals surface area contributed by atoms with Gasteiger partial charge in [-0.1, -0.05) is 18.2 Å². The van der Waals surface area contributed by atoms with Crippen molar-refractivity contribution >= 4 is 12.1 Å². The molecule has 0 radical (unpaired) electrons. The highest BCUT2D eigenvalue weighted by molar-refractivity contribution is 5.89. The first-order valence-corrected chi connectivity index (χ1v) is 9.04. The molecule has 0 aliphatic carbocycles. The number of hydrogen-bond donors (Lipinski definition) is 1. The fourth-order valence-electron chi connectivity index (χ4n) is 3.22. The van der Waals surface area contributed by atoms with E-state index in [0.717, 1.165) is 29.7 Å². The van der Waals surface area contributed by atoms with Crippen molar-refractivity contribution in [3.05, 3.63) is 53.9 Å². The van der Waals surface area contributed by atoms with Crippen LogP contribution in [0.5, 0.6) is 0 Å². The molecule has 6 heteroatoms. The monoisotopic (exact) mass is 368 g/mol. The second-order valence-electron chi connectivity index (χ2n) is 7.69. The summed E-state index contributed by atoms with van der Waals surface area (Å²) < 4.78 is 5.51.